The van der Waals surface area contributed by atoms with E-state index in [0.717, 1.165) is 49.8 Å². The predicted molar refractivity (Wildman–Crippen MR) is 77.3 cm³/mol. The van der Waals surface area contributed by atoms with Crippen molar-refractivity contribution in [3.05, 3.63) is 34.3 Å². The van der Waals surface area contributed by atoms with Gasteiger partial charge in [-0.15, -0.1) is 0 Å². The highest BCUT2D eigenvalue weighted by molar-refractivity contribution is 6.31. The van der Waals surface area contributed by atoms with E-state index >= 15 is 0 Å². The summed E-state index contributed by atoms with van der Waals surface area (Å²) in [6, 6.07) is 6.21. The Morgan fingerprint density at radius 2 is 1.94 bits per heavy atom. The van der Waals surface area contributed by atoms with Crippen molar-refractivity contribution in [3.63, 3.8) is 0 Å². The molecule has 0 amide bonds. The lowest BCUT2D eigenvalue weighted by Crippen LogP contribution is -2.24. The minimum Gasteiger partial charge on any atom is -0.383 e. The summed E-state index contributed by atoms with van der Waals surface area (Å²) >= 11 is 6.08. The van der Waals surface area contributed by atoms with Crippen molar-refractivity contribution >= 4 is 11.6 Å². The number of benzene rings is 1. The summed E-state index contributed by atoms with van der Waals surface area (Å²) in [6.45, 7) is 6.61. The summed E-state index contributed by atoms with van der Waals surface area (Å²) in [5, 5.41) is 7.57. The number of aryl methyl sites for hydroxylation is 1. The Morgan fingerprint density at radius 1 is 1.17 bits per heavy atom. The van der Waals surface area contributed by atoms with Crippen molar-refractivity contribution in [3.8, 4) is 0 Å². The molecule has 18 heavy (non-hydrogen) atoms. The number of nitrogens with one attached hydrogen (secondary N) is 2. The maximum Gasteiger partial charge on any atom is 0.0587 e. The predicted octanol–water partition coefficient (Wildman–Crippen LogP) is 2.36. The van der Waals surface area contributed by atoms with E-state index in [1.54, 1.807) is 7.11 Å². The highest BCUT2D eigenvalue weighted by atomic mass is 35.5. The topological polar surface area (TPSA) is 33.3 Å². The van der Waals surface area contributed by atoms with Gasteiger partial charge in [-0.2, -0.15) is 0 Å². The molecule has 102 valence electrons. The van der Waals surface area contributed by atoms with Crippen molar-refractivity contribution in [2.45, 2.75) is 19.9 Å². The number of ether oxygens (including phenoxy) is 1. The van der Waals surface area contributed by atoms with Gasteiger partial charge in [0, 0.05) is 25.2 Å². The monoisotopic (exact) mass is 270 g/mol. The third-order valence-corrected chi connectivity index (χ3v) is 3.16. The van der Waals surface area contributed by atoms with Crippen LogP contribution in [0.2, 0.25) is 5.02 Å². The highest BCUT2D eigenvalue weighted by Crippen LogP contribution is 2.16. The second-order valence-corrected chi connectivity index (χ2v) is 4.76. The van der Waals surface area contributed by atoms with E-state index in [9.17, 15) is 0 Å². The largest absolute Gasteiger partial charge is 0.383 e. The lowest BCUT2D eigenvalue weighted by atomic mass is 10.1. The van der Waals surface area contributed by atoms with E-state index in [1.807, 2.05) is 13.0 Å². The van der Waals surface area contributed by atoms with E-state index in [2.05, 4.69) is 22.8 Å². The first-order chi connectivity index (χ1) is 8.74. The van der Waals surface area contributed by atoms with E-state index in [4.69, 9.17) is 16.3 Å². The Bertz CT molecular complexity index is 345. The molecule has 1 rings (SSSR count). The minimum atomic E-state index is 0.773. The molecular weight excluding hydrogens is 248 g/mol. The lowest BCUT2D eigenvalue weighted by Gasteiger charge is -2.07. The number of halogens is 1. The Morgan fingerprint density at radius 3 is 2.67 bits per heavy atom. The van der Waals surface area contributed by atoms with Gasteiger partial charge in [0.05, 0.1) is 6.61 Å². The van der Waals surface area contributed by atoms with Gasteiger partial charge in [-0.05, 0) is 43.6 Å². The zero-order valence-corrected chi connectivity index (χ0v) is 12.0. The van der Waals surface area contributed by atoms with Crippen molar-refractivity contribution in [2.75, 3.05) is 33.4 Å². The lowest BCUT2D eigenvalue weighted by molar-refractivity contribution is 0.199. The van der Waals surface area contributed by atoms with Gasteiger partial charge >= 0.3 is 0 Å². The molecule has 0 aromatic heterocycles. The van der Waals surface area contributed by atoms with Crippen molar-refractivity contribution in [1.29, 1.82) is 0 Å². The molecule has 2 N–H and O–H groups in total. The molecule has 1 aromatic carbocycles. The third kappa shape index (κ3) is 6.36. The summed E-state index contributed by atoms with van der Waals surface area (Å²) in [5.41, 5.74) is 2.36. The van der Waals surface area contributed by atoms with Crippen LogP contribution in [0.1, 0.15) is 17.5 Å². The summed E-state index contributed by atoms with van der Waals surface area (Å²) in [4.78, 5) is 0. The molecule has 0 saturated carbocycles. The molecule has 0 aliphatic carbocycles. The average Bonchev–Trinajstić information content (AvgIpc) is 2.37. The summed E-state index contributed by atoms with van der Waals surface area (Å²) in [7, 11) is 1.72. The van der Waals surface area contributed by atoms with Crippen molar-refractivity contribution < 1.29 is 4.74 Å². The van der Waals surface area contributed by atoms with Crippen LogP contribution in [0.25, 0.3) is 0 Å². The Kier molecular flexibility index (Phi) is 8.01. The van der Waals surface area contributed by atoms with E-state index in [1.165, 1.54) is 5.56 Å². The fourth-order valence-corrected chi connectivity index (χ4v) is 1.82. The highest BCUT2D eigenvalue weighted by Gasteiger charge is 1.97. The molecule has 0 radical (unpaired) electrons. The van der Waals surface area contributed by atoms with Crippen LogP contribution in [0.15, 0.2) is 18.2 Å². The zero-order valence-electron chi connectivity index (χ0n) is 11.3. The average molecular weight is 271 g/mol. The molecule has 0 spiro atoms. The van der Waals surface area contributed by atoms with Crippen LogP contribution in [0.4, 0.5) is 0 Å². The van der Waals surface area contributed by atoms with Crippen LogP contribution in [-0.2, 0) is 11.3 Å². The fourth-order valence-electron chi connectivity index (χ4n) is 1.62. The third-order valence-electron chi connectivity index (χ3n) is 2.76. The van der Waals surface area contributed by atoms with Gasteiger partial charge < -0.3 is 15.4 Å². The molecule has 0 heterocycles. The number of hydrogen-bond donors (Lipinski definition) is 2. The number of methoxy groups -OCH3 is 1. The molecule has 0 fully saturated rings. The van der Waals surface area contributed by atoms with Gasteiger partial charge in [0.2, 0.25) is 0 Å². The minimum absolute atomic E-state index is 0.773. The smallest absolute Gasteiger partial charge is 0.0587 e. The Labute approximate surface area is 115 Å². The molecular formula is C14H23ClN2O. The van der Waals surface area contributed by atoms with Gasteiger partial charge in [0.25, 0.3) is 0 Å². The van der Waals surface area contributed by atoms with E-state index in [-0.39, 0.29) is 0 Å². The second-order valence-electron chi connectivity index (χ2n) is 4.36. The molecule has 4 heteroatoms. The van der Waals surface area contributed by atoms with Gasteiger partial charge in [-0.1, -0.05) is 23.7 Å². The van der Waals surface area contributed by atoms with Crippen molar-refractivity contribution in [1.82, 2.24) is 10.6 Å². The standard InChI is InChI=1S/C14H23ClN2O/c1-12-4-5-13(10-14(12)15)11-17-7-3-6-16-8-9-18-2/h4-5,10,16-17H,3,6-9,11H2,1-2H3. The Hall–Kier alpha value is -0.610. The molecule has 0 aliphatic rings. The first-order valence-electron chi connectivity index (χ1n) is 6.39. The van der Waals surface area contributed by atoms with Crippen LogP contribution >= 0.6 is 11.6 Å². The first kappa shape index (κ1) is 15.4. The first-order valence-corrected chi connectivity index (χ1v) is 6.77. The SMILES string of the molecule is COCCNCCCNCc1ccc(C)c(Cl)c1. The van der Waals surface area contributed by atoms with Crippen LogP contribution < -0.4 is 10.6 Å². The normalized spacial score (nSPS) is 10.8. The molecule has 0 aliphatic heterocycles. The molecule has 0 unspecified atom stereocenters. The fraction of sp³-hybridized carbons (Fsp3) is 0.571. The van der Waals surface area contributed by atoms with Crippen LogP contribution in [-0.4, -0.2) is 33.4 Å². The molecule has 0 bridgehead atoms. The van der Waals surface area contributed by atoms with E-state index < -0.39 is 0 Å². The van der Waals surface area contributed by atoms with E-state index in [0.29, 0.717) is 0 Å². The quantitative estimate of drug-likeness (QED) is 0.676. The molecule has 0 atom stereocenters. The summed E-state index contributed by atoms with van der Waals surface area (Å²) < 4.78 is 4.96. The Balaban J connectivity index is 2.05. The maximum atomic E-state index is 6.08. The molecule has 1 aromatic rings. The van der Waals surface area contributed by atoms with Gasteiger partial charge in [-0.3, -0.25) is 0 Å². The number of rotatable bonds is 9. The number of hydrogen-bond acceptors (Lipinski definition) is 3. The molecule has 0 saturated heterocycles. The van der Waals surface area contributed by atoms with Crippen LogP contribution in [0.3, 0.4) is 0 Å². The zero-order chi connectivity index (χ0) is 13.2. The summed E-state index contributed by atoms with van der Waals surface area (Å²) in [5.74, 6) is 0. The van der Waals surface area contributed by atoms with Crippen LogP contribution in [0, 0.1) is 6.92 Å². The second kappa shape index (κ2) is 9.34. The van der Waals surface area contributed by atoms with Gasteiger partial charge in [0.15, 0.2) is 0 Å². The van der Waals surface area contributed by atoms with Gasteiger partial charge in [-0.25, -0.2) is 0 Å². The van der Waals surface area contributed by atoms with Crippen molar-refractivity contribution in [2.24, 2.45) is 0 Å². The van der Waals surface area contributed by atoms with Crippen LogP contribution in [0.5, 0.6) is 0 Å². The maximum absolute atomic E-state index is 6.08. The summed E-state index contributed by atoms with van der Waals surface area (Å²) in [6.07, 6.45) is 1.11. The van der Waals surface area contributed by atoms with Gasteiger partial charge in [0.1, 0.15) is 0 Å². The molecule has 3 nitrogen and oxygen atoms in total.